The van der Waals surface area contributed by atoms with Gasteiger partial charge in [0.15, 0.2) is 0 Å². The van der Waals surface area contributed by atoms with Crippen molar-refractivity contribution in [2.75, 3.05) is 16.5 Å². The first-order chi connectivity index (χ1) is 9.21. The molecular weight excluding hydrogens is 287 g/mol. The van der Waals surface area contributed by atoms with E-state index in [9.17, 15) is 14.0 Å². The highest BCUT2D eigenvalue weighted by atomic mass is 35.5. The second-order valence-corrected chi connectivity index (χ2v) is 5.27. The second-order valence-electron chi connectivity index (χ2n) is 5.00. The predicted octanol–water partition coefficient (Wildman–Crippen LogP) is 3.35. The van der Waals surface area contributed by atoms with Crippen LogP contribution in [0.25, 0.3) is 0 Å². The van der Waals surface area contributed by atoms with Crippen LogP contribution in [-0.2, 0) is 9.53 Å². The number of benzene rings is 1. The number of alkyl halides is 1. The number of hydrogen-bond donors (Lipinski definition) is 2. The Kier molecular flexibility index (Phi) is 5.33. The molecule has 110 valence electrons. The molecular formula is C13H16ClFN2O3. The number of carbonyl (C=O) groups excluding carboxylic acids is 2. The lowest BCUT2D eigenvalue weighted by Gasteiger charge is -2.20. The van der Waals surface area contributed by atoms with Crippen LogP contribution in [0, 0.1) is 5.82 Å². The molecule has 0 aromatic heterocycles. The first-order valence-corrected chi connectivity index (χ1v) is 6.40. The van der Waals surface area contributed by atoms with E-state index in [0.29, 0.717) is 0 Å². The van der Waals surface area contributed by atoms with Crippen LogP contribution in [0.2, 0.25) is 0 Å². The van der Waals surface area contributed by atoms with Gasteiger partial charge in [-0.15, -0.1) is 11.6 Å². The summed E-state index contributed by atoms with van der Waals surface area (Å²) in [4.78, 5) is 22.9. The first kappa shape index (κ1) is 16.2. The van der Waals surface area contributed by atoms with Gasteiger partial charge in [-0.3, -0.25) is 10.1 Å². The van der Waals surface area contributed by atoms with E-state index in [4.69, 9.17) is 16.3 Å². The molecule has 0 aliphatic rings. The Labute approximate surface area is 121 Å². The molecule has 0 atom stereocenters. The molecule has 0 bridgehead atoms. The number of hydrogen-bond acceptors (Lipinski definition) is 3. The minimum atomic E-state index is -0.703. The van der Waals surface area contributed by atoms with Gasteiger partial charge in [0.2, 0.25) is 5.91 Å². The maximum Gasteiger partial charge on any atom is 0.412 e. The molecule has 0 fully saturated rings. The molecule has 0 aliphatic heterocycles. The largest absolute Gasteiger partial charge is 0.444 e. The minimum Gasteiger partial charge on any atom is -0.444 e. The fourth-order valence-corrected chi connectivity index (χ4v) is 1.39. The van der Waals surface area contributed by atoms with Crippen LogP contribution in [0.15, 0.2) is 18.2 Å². The lowest BCUT2D eigenvalue weighted by Crippen LogP contribution is -2.27. The average Bonchev–Trinajstić information content (AvgIpc) is 2.30. The Morgan fingerprint density at radius 2 is 1.90 bits per heavy atom. The second kappa shape index (κ2) is 6.56. The molecule has 2 N–H and O–H groups in total. The number of nitrogens with one attached hydrogen (secondary N) is 2. The summed E-state index contributed by atoms with van der Waals surface area (Å²) in [5.74, 6) is -1.34. The summed E-state index contributed by atoms with van der Waals surface area (Å²) in [7, 11) is 0. The Morgan fingerprint density at radius 1 is 1.25 bits per heavy atom. The van der Waals surface area contributed by atoms with Crippen molar-refractivity contribution < 1.29 is 18.7 Å². The fraction of sp³-hybridized carbons (Fsp3) is 0.385. The summed E-state index contributed by atoms with van der Waals surface area (Å²) in [5, 5.41) is 4.83. The highest BCUT2D eigenvalue weighted by Crippen LogP contribution is 2.23. The summed E-state index contributed by atoms with van der Waals surface area (Å²) in [6.07, 6.45) is -0.703. The number of rotatable bonds is 3. The molecule has 7 heteroatoms. The topological polar surface area (TPSA) is 67.4 Å². The molecule has 2 amide bonds. The quantitative estimate of drug-likeness (QED) is 0.841. The van der Waals surface area contributed by atoms with E-state index in [-0.39, 0.29) is 17.3 Å². The average molecular weight is 303 g/mol. The van der Waals surface area contributed by atoms with Crippen molar-refractivity contribution >= 4 is 35.0 Å². The Balaban J connectivity index is 2.88. The van der Waals surface area contributed by atoms with Crippen LogP contribution in [-0.4, -0.2) is 23.5 Å². The van der Waals surface area contributed by atoms with Crippen molar-refractivity contribution in [1.29, 1.82) is 0 Å². The standard InChI is InChI=1S/C13H16ClFN2O3/c1-13(2,3)20-12(19)17-9-5-4-8(15)6-10(9)16-11(18)7-14/h4-6H,7H2,1-3H3,(H,16,18)(H,17,19). The monoisotopic (exact) mass is 302 g/mol. The molecule has 1 aromatic carbocycles. The summed E-state index contributed by atoms with van der Waals surface area (Å²) in [6.45, 7) is 5.15. The van der Waals surface area contributed by atoms with E-state index < -0.39 is 23.4 Å². The van der Waals surface area contributed by atoms with Crippen LogP contribution in [0.4, 0.5) is 20.6 Å². The van der Waals surface area contributed by atoms with Crippen LogP contribution in [0.1, 0.15) is 20.8 Å². The maximum absolute atomic E-state index is 13.2. The Bertz CT molecular complexity index is 515. The van der Waals surface area contributed by atoms with Gasteiger partial charge in [0.05, 0.1) is 11.4 Å². The molecule has 5 nitrogen and oxygen atoms in total. The van der Waals surface area contributed by atoms with Crippen LogP contribution in [0.5, 0.6) is 0 Å². The SMILES string of the molecule is CC(C)(C)OC(=O)Nc1ccc(F)cc1NC(=O)CCl. The van der Waals surface area contributed by atoms with Crippen molar-refractivity contribution in [2.24, 2.45) is 0 Å². The van der Waals surface area contributed by atoms with Crippen LogP contribution in [0.3, 0.4) is 0 Å². The molecule has 1 aromatic rings. The number of amides is 2. The fourth-order valence-electron chi connectivity index (χ4n) is 1.33. The number of anilines is 2. The van der Waals surface area contributed by atoms with Crippen molar-refractivity contribution in [3.8, 4) is 0 Å². The van der Waals surface area contributed by atoms with Crippen molar-refractivity contribution in [1.82, 2.24) is 0 Å². The van der Waals surface area contributed by atoms with E-state index in [1.54, 1.807) is 20.8 Å². The summed E-state index contributed by atoms with van der Waals surface area (Å²) in [6, 6.07) is 3.56. The minimum absolute atomic E-state index is 0.113. The lowest BCUT2D eigenvalue weighted by atomic mass is 10.2. The van der Waals surface area contributed by atoms with E-state index in [1.807, 2.05) is 0 Å². The van der Waals surface area contributed by atoms with E-state index >= 15 is 0 Å². The van der Waals surface area contributed by atoms with Gasteiger partial charge in [-0.25, -0.2) is 9.18 Å². The van der Waals surface area contributed by atoms with Gasteiger partial charge in [0.1, 0.15) is 17.3 Å². The molecule has 0 saturated carbocycles. The van der Waals surface area contributed by atoms with Gasteiger partial charge in [0.25, 0.3) is 0 Å². The van der Waals surface area contributed by atoms with Gasteiger partial charge >= 0.3 is 6.09 Å². The van der Waals surface area contributed by atoms with E-state index in [1.165, 1.54) is 6.07 Å². The van der Waals surface area contributed by atoms with Gasteiger partial charge in [0, 0.05) is 0 Å². The third kappa shape index (κ3) is 5.44. The molecule has 1 rings (SSSR count). The maximum atomic E-state index is 13.2. The third-order valence-electron chi connectivity index (χ3n) is 2.01. The van der Waals surface area contributed by atoms with Crippen molar-refractivity contribution in [3.05, 3.63) is 24.0 Å². The molecule has 0 radical (unpaired) electrons. The molecule has 0 saturated heterocycles. The number of ether oxygens (including phenoxy) is 1. The zero-order valence-corrected chi connectivity index (χ0v) is 12.2. The van der Waals surface area contributed by atoms with Crippen LogP contribution >= 0.6 is 11.6 Å². The molecule has 20 heavy (non-hydrogen) atoms. The Hall–Kier alpha value is -1.82. The molecule has 0 aliphatic carbocycles. The number of carbonyl (C=O) groups is 2. The highest BCUT2D eigenvalue weighted by Gasteiger charge is 2.17. The molecule has 0 spiro atoms. The summed E-state index contributed by atoms with van der Waals surface area (Å²) in [5.41, 5.74) is -0.329. The van der Waals surface area contributed by atoms with E-state index in [2.05, 4.69) is 10.6 Å². The van der Waals surface area contributed by atoms with Crippen molar-refractivity contribution in [2.45, 2.75) is 26.4 Å². The van der Waals surface area contributed by atoms with E-state index in [0.717, 1.165) is 12.1 Å². The number of halogens is 2. The van der Waals surface area contributed by atoms with Crippen molar-refractivity contribution in [3.63, 3.8) is 0 Å². The molecule has 0 unspecified atom stereocenters. The Morgan fingerprint density at radius 3 is 2.45 bits per heavy atom. The summed E-state index contributed by atoms with van der Waals surface area (Å²) >= 11 is 5.37. The molecule has 0 heterocycles. The third-order valence-corrected chi connectivity index (χ3v) is 2.26. The van der Waals surface area contributed by atoms with Gasteiger partial charge in [-0.2, -0.15) is 0 Å². The van der Waals surface area contributed by atoms with Gasteiger partial charge in [-0.1, -0.05) is 0 Å². The highest BCUT2D eigenvalue weighted by molar-refractivity contribution is 6.29. The smallest absolute Gasteiger partial charge is 0.412 e. The first-order valence-electron chi connectivity index (χ1n) is 5.86. The van der Waals surface area contributed by atoms with Crippen LogP contribution < -0.4 is 10.6 Å². The van der Waals surface area contributed by atoms with Gasteiger partial charge in [-0.05, 0) is 39.0 Å². The zero-order valence-electron chi connectivity index (χ0n) is 11.4. The lowest BCUT2D eigenvalue weighted by molar-refractivity contribution is -0.113. The summed E-state index contributed by atoms with van der Waals surface area (Å²) < 4.78 is 18.3. The normalized spacial score (nSPS) is 10.8. The van der Waals surface area contributed by atoms with Gasteiger partial charge < -0.3 is 10.1 Å². The predicted molar refractivity (Wildman–Crippen MR) is 75.6 cm³/mol. The zero-order chi connectivity index (χ0) is 15.3.